The minimum Gasteiger partial charge on any atom is -0.477 e. The summed E-state index contributed by atoms with van der Waals surface area (Å²) in [6.07, 6.45) is 0. The van der Waals surface area contributed by atoms with Crippen LogP contribution in [0.5, 0.6) is 0 Å². The summed E-state index contributed by atoms with van der Waals surface area (Å²) in [6, 6.07) is 9.27. The van der Waals surface area contributed by atoms with Crippen LogP contribution < -0.4 is 10.1 Å². The Balaban J connectivity index is 1.86. The lowest BCUT2D eigenvalue weighted by Crippen LogP contribution is -2.42. The normalized spacial score (nSPS) is 16.2. The zero-order chi connectivity index (χ0) is 16.9. The van der Waals surface area contributed by atoms with E-state index in [0.29, 0.717) is 4.80 Å². The molecule has 0 spiro atoms. The number of likely N-dealkylation sites (N-methyl/N-ethyl adjacent to an activating group) is 1. The predicted octanol–water partition coefficient (Wildman–Crippen LogP) is 1.04. The lowest BCUT2D eigenvalue weighted by atomic mass is 10.3. The van der Waals surface area contributed by atoms with Crippen molar-refractivity contribution < 1.29 is 9.90 Å². The highest BCUT2D eigenvalue weighted by Gasteiger charge is 2.16. The standard InChI is InChI=1S/C15H18N6O2S/c1-20-7-9-21(10-8-20)19-15-18-17-13(12(24-15)14(22)23)16-11-5-3-2-4-6-11/h2-6,16H,7-10H2,1H3,(H,22,23)/b19-15+. The molecule has 0 aliphatic carbocycles. The summed E-state index contributed by atoms with van der Waals surface area (Å²) < 4.78 is 0. The van der Waals surface area contributed by atoms with Crippen molar-refractivity contribution in [3.8, 4) is 0 Å². The summed E-state index contributed by atoms with van der Waals surface area (Å²) in [5.41, 5.74) is 0.755. The van der Waals surface area contributed by atoms with Gasteiger partial charge >= 0.3 is 5.97 Å². The summed E-state index contributed by atoms with van der Waals surface area (Å²) >= 11 is 1.01. The molecule has 0 atom stereocenters. The molecule has 1 aromatic carbocycles. The van der Waals surface area contributed by atoms with Crippen molar-refractivity contribution in [1.82, 2.24) is 20.1 Å². The van der Waals surface area contributed by atoms with E-state index in [1.807, 2.05) is 35.3 Å². The zero-order valence-electron chi connectivity index (χ0n) is 13.2. The maximum absolute atomic E-state index is 11.5. The van der Waals surface area contributed by atoms with E-state index in [0.717, 1.165) is 43.2 Å². The van der Waals surface area contributed by atoms with Gasteiger partial charge in [0.15, 0.2) is 10.7 Å². The second-order valence-corrected chi connectivity index (χ2v) is 6.39. The highest BCUT2D eigenvalue weighted by molar-refractivity contribution is 7.11. The quantitative estimate of drug-likeness (QED) is 0.854. The van der Waals surface area contributed by atoms with Gasteiger partial charge in [0.05, 0.1) is 0 Å². The second kappa shape index (κ2) is 7.37. The molecule has 3 rings (SSSR count). The molecule has 2 heterocycles. The summed E-state index contributed by atoms with van der Waals surface area (Å²) in [7, 11) is 2.06. The third-order valence-electron chi connectivity index (χ3n) is 3.58. The van der Waals surface area contributed by atoms with E-state index in [2.05, 4.69) is 32.6 Å². The molecule has 1 aliphatic heterocycles. The number of aromatic nitrogens is 2. The van der Waals surface area contributed by atoms with E-state index in [1.165, 1.54) is 0 Å². The third kappa shape index (κ3) is 4.06. The van der Waals surface area contributed by atoms with Crippen LogP contribution in [0.2, 0.25) is 0 Å². The molecule has 1 aliphatic rings. The first kappa shape index (κ1) is 16.3. The van der Waals surface area contributed by atoms with Crippen LogP contribution in [0.15, 0.2) is 35.4 Å². The molecular weight excluding hydrogens is 328 g/mol. The third-order valence-corrected chi connectivity index (χ3v) is 4.50. The summed E-state index contributed by atoms with van der Waals surface area (Å²) in [6.45, 7) is 3.41. The van der Waals surface area contributed by atoms with Crippen LogP contribution in [-0.2, 0) is 0 Å². The molecule has 126 valence electrons. The topological polar surface area (TPSA) is 94.0 Å². The largest absolute Gasteiger partial charge is 0.477 e. The van der Waals surface area contributed by atoms with Crippen molar-refractivity contribution in [2.45, 2.75) is 0 Å². The number of nitrogens with one attached hydrogen (secondary N) is 1. The Labute approximate surface area is 143 Å². The summed E-state index contributed by atoms with van der Waals surface area (Å²) in [5, 5.41) is 26.8. The first-order valence-corrected chi connectivity index (χ1v) is 8.35. The Kier molecular flexibility index (Phi) is 5.02. The van der Waals surface area contributed by atoms with Gasteiger partial charge in [0.2, 0.25) is 4.80 Å². The lowest BCUT2D eigenvalue weighted by Gasteiger charge is -2.29. The van der Waals surface area contributed by atoms with Crippen molar-refractivity contribution in [2.24, 2.45) is 5.10 Å². The molecule has 2 N–H and O–H groups in total. The maximum atomic E-state index is 11.5. The predicted molar refractivity (Wildman–Crippen MR) is 91.2 cm³/mol. The molecule has 2 aromatic rings. The average molecular weight is 346 g/mol. The van der Waals surface area contributed by atoms with Crippen LogP contribution >= 0.6 is 11.3 Å². The molecule has 24 heavy (non-hydrogen) atoms. The number of para-hydroxylation sites is 1. The van der Waals surface area contributed by atoms with Gasteiger partial charge in [0, 0.05) is 31.9 Å². The minimum absolute atomic E-state index is 0.0849. The Hall–Kier alpha value is -2.52. The van der Waals surface area contributed by atoms with Gasteiger partial charge in [-0.3, -0.25) is 5.01 Å². The van der Waals surface area contributed by atoms with Gasteiger partial charge in [-0.2, -0.15) is 0 Å². The van der Waals surface area contributed by atoms with Gasteiger partial charge in [-0.1, -0.05) is 29.5 Å². The van der Waals surface area contributed by atoms with E-state index in [1.54, 1.807) is 0 Å². The SMILES string of the molecule is CN1CCN(/N=c2\nnc(Nc3ccccc3)c(C(=O)O)s2)CC1. The Bertz CT molecular complexity index is 771. The molecule has 1 saturated heterocycles. The van der Waals surface area contributed by atoms with Gasteiger partial charge in [0.1, 0.15) is 0 Å². The fraction of sp³-hybridized carbons (Fsp3) is 0.333. The molecule has 0 unspecified atom stereocenters. The number of hydrogen-bond acceptors (Lipinski definition) is 8. The molecule has 9 heteroatoms. The van der Waals surface area contributed by atoms with Gasteiger partial charge in [-0.05, 0) is 19.2 Å². The highest BCUT2D eigenvalue weighted by Crippen LogP contribution is 2.18. The molecule has 0 saturated carbocycles. The number of nitrogens with zero attached hydrogens (tertiary/aromatic N) is 5. The number of benzene rings is 1. The number of anilines is 2. The minimum atomic E-state index is -1.05. The fourth-order valence-electron chi connectivity index (χ4n) is 2.24. The Morgan fingerprint density at radius 2 is 1.92 bits per heavy atom. The van der Waals surface area contributed by atoms with Crippen molar-refractivity contribution in [1.29, 1.82) is 0 Å². The number of rotatable bonds is 4. The Morgan fingerprint density at radius 1 is 1.21 bits per heavy atom. The van der Waals surface area contributed by atoms with Crippen LogP contribution in [-0.4, -0.2) is 64.4 Å². The van der Waals surface area contributed by atoms with E-state index in [9.17, 15) is 9.90 Å². The molecule has 1 fully saturated rings. The average Bonchev–Trinajstić information content (AvgIpc) is 2.59. The number of carbonyl (C=O) groups is 1. The van der Waals surface area contributed by atoms with Crippen LogP contribution in [0.3, 0.4) is 0 Å². The number of piperazine rings is 1. The van der Waals surface area contributed by atoms with Crippen LogP contribution in [0.4, 0.5) is 11.5 Å². The molecule has 0 amide bonds. The van der Waals surface area contributed by atoms with E-state index < -0.39 is 5.97 Å². The van der Waals surface area contributed by atoms with E-state index in [4.69, 9.17) is 0 Å². The monoisotopic (exact) mass is 346 g/mol. The number of aromatic carboxylic acids is 1. The summed E-state index contributed by atoms with van der Waals surface area (Å²) in [4.78, 5) is 14.2. The zero-order valence-corrected chi connectivity index (χ0v) is 14.0. The summed E-state index contributed by atoms with van der Waals surface area (Å²) in [5.74, 6) is -0.834. The van der Waals surface area contributed by atoms with Gasteiger partial charge in [-0.25, -0.2) is 4.79 Å². The number of carboxylic acids is 1. The van der Waals surface area contributed by atoms with Crippen molar-refractivity contribution in [3.05, 3.63) is 40.0 Å². The van der Waals surface area contributed by atoms with Crippen LogP contribution in [0.25, 0.3) is 0 Å². The van der Waals surface area contributed by atoms with Crippen molar-refractivity contribution in [2.75, 3.05) is 38.5 Å². The van der Waals surface area contributed by atoms with Gasteiger partial charge in [0.25, 0.3) is 0 Å². The number of hydrogen-bond donors (Lipinski definition) is 2. The Morgan fingerprint density at radius 3 is 2.58 bits per heavy atom. The van der Waals surface area contributed by atoms with Gasteiger partial charge < -0.3 is 15.3 Å². The molecule has 8 nitrogen and oxygen atoms in total. The van der Waals surface area contributed by atoms with Crippen molar-refractivity contribution >= 4 is 28.8 Å². The van der Waals surface area contributed by atoms with Gasteiger partial charge in [-0.15, -0.1) is 15.3 Å². The van der Waals surface area contributed by atoms with Crippen molar-refractivity contribution in [3.63, 3.8) is 0 Å². The van der Waals surface area contributed by atoms with E-state index >= 15 is 0 Å². The number of carboxylic acid groups (broad SMARTS) is 1. The van der Waals surface area contributed by atoms with Crippen LogP contribution in [0.1, 0.15) is 9.67 Å². The first-order valence-electron chi connectivity index (χ1n) is 7.53. The smallest absolute Gasteiger partial charge is 0.349 e. The first-order chi connectivity index (χ1) is 11.6. The highest BCUT2D eigenvalue weighted by atomic mass is 32.1. The maximum Gasteiger partial charge on any atom is 0.349 e. The molecule has 0 radical (unpaired) electrons. The van der Waals surface area contributed by atoms with Crippen LogP contribution in [0, 0.1) is 0 Å². The molecular formula is C15H18N6O2S. The lowest BCUT2D eigenvalue weighted by molar-refractivity contribution is 0.0702. The molecule has 0 bridgehead atoms. The molecule has 1 aromatic heterocycles. The van der Waals surface area contributed by atoms with E-state index in [-0.39, 0.29) is 10.7 Å². The fourth-order valence-corrected chi connectivity index (χ4v) is 2.94. The second-order valence-electron chi connectivity index (χ2n) is 5.42.